The highest BCUT2D eigenvalue weighted by Crippen LogP contribution is 2.14. The smallest absolute Gasteiger partial charge is 0.305 e. The maximum absolute atomic E-state index is 13.1. The van der Waals surface area contributed by atoms with Crippen LogP contribution < -0.4 is 27.4 Å². The molecule has 10 heteroatoms. The highest BCUT2D eigenvalue weighted by Gasteiger charge is 2.29. The van der Waals surface area contributed by atoms with Gasteiger partial charge in [0.1, 0.15) is 6.04 Å². The molecule has 0 bridgehead atoms. The Morgan fingerprint density at radius 1 is 0.659 bits per heavy atom. The van der Waals surface area contributed by atoms with Gasteiger partial charge >= 0.3 is 5.97 Å². The number of carboxylic acids is 1. The summed E-state index contributed by atoms with van der Waals surface area (Å²) in [5.41, 5.74) is 11.1. The predicted octanol–water partition coefficient (Wildman–Crippen LogP) is 4.69. The van der Waals surface area contributed by atoms with E-state index in [-0.39, 0.29) is 11.8 Å². The summed E-state index contributed by atoms with van der Waals surface area (Å²) in [6, 6.07) is -1.61. The quantitative estimate of drug-likeness (QED) is 0.0572. The number of rotatable bonds is 33. The molecule has 0 radical (unpaired) electrons. The number of carbonyl (C=O) groups excluding carboxylic acids is 2. The SMILES string of the molecule is CCCCCCCCCCCCCCCCCCN(C)C(=O)C(CC(=O)O)NC(=O)C(CCCNCCCN)NCCCN. The normalized spacial score (nSPS) is 12.6. The fourth-order valence-electron chi connectivity index (χ4n) is 5.41. The maximum atomic E-state index is 13.1. The van der Waals surface area contributed by atoms with Crippen molar-refractivity contribution in [3.63, 3.8) is 0 Å². The predicted molar refractivity (Wildman–Crippen MR) is 183 cm³/mol. The minimum Gasteiger partial charge on any atom is -0.481 e. The highest BCUT2D eigenvalue weighted by atomic mass is 16.4. The van der Waals surface area contributed by atoms with Crippen molar-refractivity contribution in [1.29, 1.82) is 0 Å². The first-order valence-electron chi connectivity index (χ1n) is 18.0. The van der Waals surface area contributed by atoms with E-state index in [1.807, 2.05) is 0 Å². The number of nitrogens with zero attached hydrogens (tertiary/aromatic N) is 1. The first-order valence-corrected chi connectivity index (χ1v) is 18.0. The molecule has 260 valence electrons. The second kappa shape index (κ2) is 31.2. The number of hydrogen-bond donors (Lipinski definition) is 6. The third kappa shape index (κ3) is 25.6. The summed E-state index contributed by atoms with van der Waals surface area (Å²) in [7, 11) is 1.69. The molecule has 0 fully saturated rings. The number of unbranched alkanes of at least 4 members (excludes halogenated alkanes) is 15. The minimum absolute atomic E-state index is 0.348. The second-order valence-electron chi connectivity index (χ2n) is 12.4. The summed E-state index contributed by atoms with van der Waals surface area (Å²) in [5, 5.41) is 18.7. The van der Waals surface area contributed by atoms with Gasteiger partial charge in [-0.3, -0.25) is 14.4 Å². The van der Waals surface area contributed by atoms with Crippen LogP contribution in [0.3, 0.4) is 0 Å². The number of carbonyl (C=O) groups is 3. The fourth-order valence-corrected chi connectivity index (χ4v) is 5.41. The Balaban J connectivity index is 4.35. The number of hydrogen-bond acceptors (Lipinski definition) is 7. The average Bonchev–Trinajstić information content (AvgIpc) is 3.00. The van der Waals surface area contributed by atoms with Gasteiger partial charge in [-0.15, -0.1) is 0 Å². The summed E-state index contributed by atoms with van der Waals surface area (Å²) in [6.07, 6.45) is 23.1. The van der Waals surface area contributed by atoms with Crippen molar-refractivity contribution in [2.45, 2.75) is 154 Å². The lowest BCUT2D eigenvalue weighted by Crippen LogP contribution is -2.54. The van der Waals surface area contributed by atoms with E-state index < -0.39 is 24.5 Å². The van der Waals surface area contributed by atoms with Crippen LogP contribution in [0.1, 0.15) is 142 Å². The van der Waals surface area contributed by atoms with Crippen LogP contribution in [0.2, 0.25) is 0 Å². The lowest BCUT2D eigenvalue weighted by Gasteiger charge is -2.26. The molecular weight excluding hydrogens is 556 g/mol. The van der Waals surface area contributed by atoms with Crippen LogP contribution in [-0.4, -0.2) is 86.2 Å². The second-order valence-corrected chi connectivity index (χ2v) is 12.4. The molecule has 0 aliphatic rings. The van der Waals surface area contributed by atoms with E-state index in [9.17, 15) is 19.5 Å². The molecule has 0 aromatic rings. The van der Waals surface area contributed by atoms with E-state index in [2.05, 4.69) is 22.9 Å². The Labute approximate surface area is 269 Å². The Morgan fingerprint density at radius 2 is 1.14 bits per heavy atom. The molecule has 0 aromatic heterocycles. The van der Waals surface area contributed by atoms with Gasteiger partial charge < -0.3 is 37.4 Å². The van der Waals surface area contributed by atoms with Gasteiger partial charge in [-0.25, -0.2) is 0 Å². The number of nitrogens with two attached hydrogens (primary N) is 2. The van der Waals surface area contributed by atoms with Crippen molar-refractivity contribution in [2.75, 3.05) is 46.3 Å². The molecule has 0 spiro atoms. The lowest BCUT2D eigenvalue weighted by atomic mass is 10.0. The topological polar surface area (TPSA) is 163 Å². The molecule has 2 amide bonds. The molecule has 0 saturated heterocycles. The van der Waals surface area contributed by atoms with Crippen LogP contribution in [-0.2, 0) is 14.4 Å². The Kier molecular flexibility index (Phi) is 30.0. The molecule has 0 heterocycles. The largest absolute Gasteiger partial charge is 0.481 e. The summed E-state index contributed by atoms with van der Waals surface area (Å²) >= 11 is 0. The van der Waals surface area contributed by atoms with Crippen molar-refractivity contribution in [3.05, 3.63) is 0 Å². The van der Waals surface area contributed by atoms with Crippen molar-refractivity contribution >= 4 is 17.8 Å². The van der Waals surface area contributed by atoms with Gasteiger partial charge in [0, 0.05) is 13.6 Å². The van der Waals surface area contributed by atoms with Crippen molar-refractivity contribution in [3.8, 4) is 0 Å². The Bertz CT molecular complexity index is 697. The molecule has 44 heavy (non-hydrogen) atoms. The zero-order valence-electron chi connectivity index (χ0n) is 28.5. The summed E-state index contributed by atoms with van der Waals surface area (Å²) < 4.78 is 0. The van der Waals surface area contributed by atoms with Crippen molar-refractivity contribution in [1.82, 2.24) is 20.9 Å². The fraction of sp³-hybridized carbons (Fsp3) is 0.912. The van der Waals surface area contributed by atoms with Crippen LogP contribution in [0.15, 0.2) is 0 Å². The Hall–Kier alpha value is -1.75. The first-order chi connectivity index (χ1) is 21.4. The zero-order valence-corrected chi connectivity index (χ0v) is 28.5. The van der Waals surface area contributed by atoms with Crippen LogP contribution in [0, 0.1) is 0 Å². The van der Waals surface area contributed by atoms with E-state index in [0.29, 0.717) is 32.6 Å². The van der Waals surface area contributed by atoms with E-state index in [0.717, 1.165) is 51.6 Å². The average molecular weight is 627 g/mol. The number of likely N-dealkylation sites (N-methyl/N-ethyl adjacent to an activating group) is 1. The zero-order chi connectivity index (χ0) is 32.7. The molecule has 0 rings (SSSR count). The third-order valence-electron chi connectivity index (χ3n) is 8.21. The molecule has 0 saturated carbocycles. The number of aliphatic carboxylic acids is 1. The van der Waals surface area contributed by atoms with E-state index >= 15 is 0 Å². The Morgan fingerprint density at radius 3 is 1.64 bits per heavy atom. The van der Waals surface area contributed by atoms with Gasteiger partial charge in [-0.2, -0.15) is 0 Å². The van der Waals surface area contributed by atoms with Gasteiger partial charge in [0.25, 0.3) is 0 Å². The molecule has 10 nitrogen and oxygen atoms in total. The number of nitrogens with one attached hydrogen (secondary N) is 3. The number of amides is 2. The molecule has 0 aromatic carbocycles. The van der Waals surface area contributed by atoms with E-state index in [1.54, 1.807) is 11.9 Å². The molecule has 0 aliphatic carbocycles. The molecule has 2 atom stereocenters. The van der Waals surface area contributed by atoms with Crippen LogP contribution in [0.25, 0.3) is 0 Å². The number of carboxylic acid groups (broad SMARTS) is 1. The van der Waals surface area contributed by atoms with Gasteiger partial charge in [0.2, 0.25) is 11.8 Å². The van der Waals surface area contributed by atoms with E-state index in [1.165, 1.54) is 83.5 Å². The van der Waals surface area contributed by atoms with Crippen molar-refractivity contribution in [2.24, 2.45) is 11.5 Å². The van der Waals surface area contributed by atoms with Gasteiger partial charge in [0.05, 0.1) is 12.5 Å². The van der Waals surface area contributed by atoms with Gasteiger partial charge in [-0.05, 0) is 64.8 Å². The molecule has 0 aliphatic heterocycles. The van der Waals surface area contributed by atoms with Gasteiger partial charge in [-0.1, -0.05) is 103 Å². The summed E-state index contributed by atoms with van der Waals surface area (Å²) in [4.78, 5) is 39.4. The van der Waals surface area contributed by atoms with E-state index in [4.69, 9.17) is 11.5 Å². The molecule has 8 N–H and O–H groups in total. The summed E-state index contributed by atoms with van der Waals surface area (Å²) in [6.45, 7) is 6.11. The monoisotopic (exact) mass is 627 g/mol. The lowest BCUT2D eigenvalue weighted by molar-refractivity contribution is -0.143. The van der Waals surface area contributed by atoms with Crippen molar-refractivity contribution < 1.29 is 19.5 Å². The molecule has 2 unspecified atom stereocenters. The van der Waals surface area contributed by atoms with Crippen LogP contribution >= 0.6 is 0 Å². The van der Waals surface area contributed by atoms with Crippen LogP contribution in [0.5, 0.6) is 0 Å². The minimum atomic E-state index is -1.11. The maximum Gasteiger partial charge on any atom is 0.305 e. The molecular formula is C34H70N6O4. The third-order valence-corrected chi connectivity index (χ3v) is 8.21. The van der Waals surface area contributed by atoms with Crippen LogP contribution in [0.4, 0.5) is 0 Å². The standard InChI is InChI=1S/C34H70N6O4/c1-3-4-5-6-7-8-9-10-11-12-13-14-15-16-17-18-28-40(2)34(44)31(29-32(41)42)39-33(43)30(38-27-21-24-36)22-19-25-37-26-20-23-35/h30-31,37-38H,3-29,35-36H2,1-2H3,(H,39,43)(H,41,42). The summed E-state index contributed by atoms with van der Waals surface area (Å²) in [5.74, 6) is -1.82. The first kappa shape index (κ1) is 42.2. The highest BCUT2D eigenvalue weighted by molar-refractivity contribution is 5.92. The van der Waals surface area contributed by atoms with Gasteiger partial charge in [0.15, 0.2) is 0 Å².